The van der Waals surface area contributed by atoms with E-state index in [9.17, 15) is 9.59 Å². The molecule has 0 aromatic heterocycles. The molecule has 0 bridgehead atoms. The second-order valence-corrected chi connectivity index (χ2v) is 9.31. The lowest BCUT2D eigenvalue weighted by Gasteiger charge is -2.42. The van der Waals surface area contributed by atoms with Gasteiger partial charge in [0.2, 0.25) is 0 Å². The summed E-state index contributed by atoms with van der Waals surface area (Å²) in [6.45, 7) is 7.60. The maximum Gasteiger partial charge on any atom is 0.330 e. The van der Waals surface area contributed by atoms with Crippen LogP contribution < -0.4 is 4.74 Å². The van der Waals surface area contributed by atoms with Gasteiger partial charge in [0.1, 0.15) is 37.9 Å². The fraction of sp³-hybridized carbons (Fsp3) is 0.200. The Morgan fingerprint density at radius 1 is 0.707 bits per heavy atom. The Balaban J connectivity index is 1.62. The number of esters is 2. The lowest BCUT2D eigenvalue weighted by molar-refractivity contribution is -0.139. The molecule has 0 amide bonds. The number of rotatable bonds is 14. The zero-order chi connectivity index (χ0) is 28.9. The molecular formula is C35H34O6. The quantitative estimate of drug-likeness (QED) is 0.101. The van der Waals surface area contributed by atoms with Crippen LogP contribution in [0.4, 0.5) is 0 Å². The number of hydrogen-bond donors (Lipinski definition) is 0. The summed E-state index contributed by atoms with van der Waals surface area (Å²) in [5, 5.41) is 0. The summed E-state index contributed by atoms with van der Waals surface area (Å²) in [4.78, 5) is 22.6. The summed E-state index contributed by atoms with van der Waals surface area (Å²) >= 11 is 0. The van der Waals surface area contributed by atoms with E-state index < -0.39 is 17.4 Å². The van der Waals surface area contributed by atoms with Gasteiger partial charge in [0.05, 0.1) is 5.41 Å². The molecule has 1 aliphatic rings. The summed E-state index contributed by atoms with van der Waals surface area (Å²) in [7, 11) is 0. The molecule has 0 aliphatic heterocycles. The highest BCUT2D eigenvalue weighted by Crippen LogP contribution is 2.48. The van der Waals surface area contributed by atoms with E-state index in [2.05, 4.69) is 86.0 Å². The standard InChI is InChI=1S/C35H34O6/c1-3-33(36)40-25-23-38-31-19-15-29(16-20-31)35(27-11-7-5-8-12-27,28-13-9-6-10-14-28)30-17-21-32(22-18-30)39-24-26-41-34(37)4-2/h3-17,19-22,30H,1-2,18,23-26H2. The zero-order valence-electron chi connectivity index (χ0n) is 22.9. The number of benzene rings is 3. The molecule has 6 nitrogen and oxygen atoms in total. The number of ether oxygens (including phenoxy) is 4. The Hall–Kier alpha value is -4.84. The number of hydrogen-bond acceptors (Lipinski definition) is 6. The molecule has 0 heterocycles. The van der Waals surface area contributed by atoms with Crippen molar-refractivity contribution in [1.29, 1.82) is 0 Å². The molecule has 3 aromatic carbocycles. The Kier molecular flexibility index (Phi) is 10.3. The summed E-state index contributed by atoms with van der Waals surface area (Å²) in [6, 6.07) is 29.1. The second-order valence-electron chi connectivity index (χ2n) is 9.31. The molecule has 41 heavy (non-hydrogen) atoms. The Bertz CT molecular complexity index is 1330. The first-order valence-corrected chi connectivity index (χ1v) is 13.5. The van der Waals surface area contributed by atoms with Crippen molar-refractivity contribution >= 4 is 11.9 Å². The van der Waals surface area contributed by atoms with Crippen LogP contribution >= 0.6 is 0 Å². The minimum atomic E-state index is -0.501. The van der Waals surface area contributed by atoms with Gasteiger partial charge >= 0.3 is 11.9 Å². The van der Waals surface area contributed by atoms with Gasteiger partial charge in [-0.2, -0.15) is 0 Å². The summed E-state index contributed by atoms with van der Waals surface area (Å²) in [5.41, 5.74) is 2.95. The van der Waals surface area contributed by atoms with Crippen LogP contribution in [0.25, 0.3) is 0 Å². The summed E-state index contributed by atoms with van der Waals surface area (Å²) < 4.78 is 21.7. The average Bonchev–Trinajstić information content (AvgIpc) is 3.04. The van der Waals surface area contributed by atoms with Gasteiger partial charge in [-0.25, -0.2) is 9.59 Å². The van der Waals surface area contributed by atoms with Crippen LogP contribution in [0.15, 0.2) is 134 Å². The van der Waals surface area contributed by atoms with Gasteiger partial charge in [-0.15, -0.1) is 0 Å². The molecule has 0 spiro atoms. The maximum absolute atomic E-state index is 11.3. The van der Waals surface area contributed by atoms with Crippen molar-refractivity contribution in [3.63, 3.8) is 0 Å². The lowest BCUT2D eigenvalue weighted by atomic mass is 9.60. The molecule has 0 saturated heterocycles. The van der Waals surface area contributed by atoms with Crippen LogP contribution in [0.3, 0.4) is 0 Å². The third-order valence-corrected chi connectivity index (χ3v) is 6.92. The number of carbonyl (C=O) groups is 2. The average molecular weight is 551 g/mol. The van der Waals surface area contributed by atoms with Crippen LogP contribution in [-0.4, -0.2) is 38.4 Å². The number of carbonyl (C=O) groups excluding carboxylic acids is 2. The van der Waals surface area contributed by atoms with Crippen molar-refractivity contribution in [2.24, 2.45) is 5.92 Å². The van der Waals surface area contributed by atoms with Crippen LogP contribution in [0.2, 0.25) is 0 Å². The Morgan fingerprint density at radius 2 is 1.22 bits per heavy atom. The molecule has 6 heteroatoms. The predicted octanol–water partition coefficient (Wildman–Crippen LogP) is 6.33. The van der Waals surface area contributed by atoms with E-state index in [1.165, 1.54) is 11.1 Å². The van der Waals surface area contributed by atoms with Crippen molar-refractivity contribution < 1.29 is 28.5 Å². The minimum Gasteiger partial charge on any atom is -0.490 e. The van der Waals surface area contributed by atoms with E-state index >= 15 is 0 Å². The maximum atomic E-state index is 11.3. The highest BCUT2D eigenvalue weighted by Gasteiger charge is 2.42. The molecule has 1 aliphatic carbocycles. The van der Waals surface area contributed by atoms with Gasteiger partial charge in [-0.3, -0.25) is 0 Å². The van der Waals surface area contributed by atoms with Crippen LogP contribution in [0.1, 0.15) is 23.1 Å². The highest BCUT2D eigenvalue weighted by atomic mass is 16.6. The van der Waals surface area contributed by atoms with Gasteiger partial charge in [0.15, 0.2) is 0 Å². The first kappa shape index (κ1) is 29.2. The predicted molar refractivity (Wildman–Crippen MR) is 158 cm³/mol. The number of allylic oxidation sites excluding steroid dienone is 3. The van der Waals surface area contributed by atoms with Gasteiger partial charge in [0, 0.05) is 12.2 Å². The Morgan fingerprint density at radius 3 is 1.71 bits per heavy atom. The van der Waals surface area contributed by atoms with Crippen molar-refractivity contribution in [2.75, 3.05) is 26.4 Å². The monoisotopic (exact) mass is 550 g/mol. The fourth-order valence-electron chi connectivity index (χ4n) is 5.11. The van der Waals surface area contributed by atoms with Gasteiger partial charge < -0.3 is 18.9 Å². The van der Waals surface area contributed by atoms with E-state index in [1.807, 2.05) is 30.3 Å². The van der Waals surface area contributed by atoms with Crippen molar-refractivity contribution in [1.82, 2.24) is 0 Å². The second kappa shape index (κ2) is 14.5. The minimum absolute atomic E-state index is 0.0725. The first-order valence-electron chi connectivity index (χ1n) is 13.5. The lowest BCUT2D eigenvalue weighted by Crippen LogP contribution is -2.37. The topological polar surface area (TPSA) is 71.1 Å². The molecule has 0 N–H and O–H groups in total. The van der Waals surface area contributed by atoms with Crippen molar-refractivity contribution in [3.05, 3.63) is 151 Å². The van der Waals surface area contributed by atoms with Gasteiger partial charge in [0.25, 0.3) is 0 Å². The van der Waals surface area contributed by atoms with Gasteiger partial charge in [-0.1, -0.05) is 92.0 Å². The third-order valence-electron chi connectivity index (χ3n) is 6.92. The molecule has 1 atom stereocenters. The molecule has 3 aromatic rings. The first-order chi connectivity index (χ1) is 20.1. The zero-order valence-corrected chi connectivity index (χ0v) is 22.9. The van der Waals surface area contributed by atoms with Crippen LogP contribution in [-0.2, 0) is 29.2 Å². The van der Waals surface area contributed by atoms with Crippen molar-refractivity contribution in [2.45, 2.75) is 11.8 Å². The normalized spacial score (nSPS) is 14.3. The smallest absolute Gasteiger partial charge is 0.330 e. The molecule has 4 rings (SSSR count). The van der Waals surface area contributed by atoms with E-state index in [0.717, 1.165) is 29.9 Å². The van der Waals surface area contributed by atoms with Crippen LogP contribution in [0, 0.1) is 5.92 Å². The Labute approximate surface area is 241 Å². The molecule has 0 fully saturated rings. The summed E-state index contributed by atoms with van der Waals surface area (Å²) in [6.07, 6.45) is 9.27. The largest absolute Gasteiger partial charge is 0.490 e. The fourth-order valence-corrected chi connectivity index (χ4v) is 5.11. The third kappa shape index (κ3) is 7.22. The van der Waals surface area contributed by atoms with E-state index in [0.29, 0.717) is 5.75 Å². The summed E-state index contributed by atoms with van der Waals surface area (Å²) in [5.74, 6) is 0.559. The van der Waals surface area contributed by atoms with E-state index in [1.54, 1.807) is 0 Å². The molecule has 0 saturated carbocycles. The van der Waals surface area contributed by atoms with E-state index in [-0.39, 0.29) is 32.3 Å². The van der Waals surface area contributed by atoms with Crippen LogP contribution in [0.5, 0.6) is 5.75 Å². The molecule has 0 radical (unpaired) electrons. The molecular weight excluding hydrogens is 516 g/mol. The van der Waals surface area contributed by atoms with Gasteiger partial charge in [-0.05, 0) is 53.3 Å². The highest BCUT2D eigenvalue weighted by molar-refractivity contribution is 5.81. The van der Waals surface area contributed by atoms with Crippen molar-refractivity contribution in [3.8, 4) is 5.75 Å². The molecule has 1 unspecified atom stereocenters. The molecule has 210 valence electrons. The van der Waals surface area contributed by atoms with E-state index in [4.69, 9.17) is 18.9 Å². The SMILES string of the molecule is C=CC(=O)OCCOC1=CCC(C(c2ccccc2)(c2ccccc2)c2ccc(OCCOC(=O)C=C)cc2)C=C1.